The molecule has 0 aromatic heterocycles. The number of hydrogen-bond donors (Lipinski definition) is 0. The molecule has 2 aliphatic heterocycles. The summed E-state index contributed by atoms with van der Waals surface area (Å²) in [4.78, 5) is 9.17. The van der Waals surface area contributed by atoms with Crippen molar-refractivity contribution in [1.82, 2.24) is 0 Å². The molecule has 0 saturated carbocycles. The third kappa shape index (κ3) is 3.11. The molecule has 2 aromatic rings. The van der Waals surface area contributed by atoms with Gasteiger partial charge in [0.1, 0.15) is 25.3 Å². The smallest absolute Gasteiger partial charge is 0.211 e. The van der Waals surface area contributed by atoms with E-state index in [0.29, 0.717) is 25.0 Å². The van der Waals surface area contributed by atoms with Crippen LogP contribution in [0.5, 0.6) is 0 Å². The molecule has 2 aliphatic rings. The van der Waals surface area contributed by atoms with Crippen LogP contribution in [-0.4, -0.2) is 25.0 Å². The van der Waals surface area contributed by atoms with E-state index in [4.69, 9.17) is 9.47 Å². The molecule has 0 radical (unpaired) electrons. The maximum Gasteiger partial charge on any atom is 0.211 e. The first-order valence-corrected chi connectivity index (χ1v) is 8.25. The highest BCUT2D eigenvalue weighted by molar-refractivity contribution is 6.04. The summed E-state index contributed by atoms with van der Waals surface area (Å²) < 4.78 is 11.4. The predicted octanol–water partition coefficient (Wildman–Crippen LogP) is 3.47. The Balaban J connectivity index is 1.54. The lowest BCUT2D eigenvalue weighted by molar-refractivity contribution is 0.292. The Labute approximate surface area is 146 Å². The van der Waals surface area contributed by atoms with Crippen LogP contribution >= 0.6 is 0 Å². The Bertz CT molecular complexity index is 775. The second-order valence-corrected chi connectivity index (χ2v) is 5.97. The van der Waals surface area contributed by atoms with E-state index in [9.17, 15) is 5.26 Å². The quantitative estimate of drug-likeness (QED) is 0.861. The largest absolute Gasteiger partial charge is 0.477 e. The van der Waals surface area contributed by atoms with Crippen molar-refractivity contribution in [3.8, 4) is 6.07 Å². The number of nitriles is 1. The molecule has 25 heavy (non-hydrogen) atoms. The van der Waals surface area contributed by atoms with Gasteiger partial charge in [0.25, 0.3) is 0 Å². The average molecular weight is 331 g/mol. The van der Waals surface area contributed by atoms with Crippen LogP contribution in [0, 0.1) is 17.2 Å². The minimum Gasteiger partial charge on any atom is -0.477 e. The van der Waals surface area contributed by atoms with Crippen LogP contribution in [0.25, 0.3) is 0 Å². The molecule has 0 spiro atoms. The number of nitrogens with zero attached hydrogens (tertiary/aromatic N) is 3. The Morgan fingerprint density at radius 1 is 0.800 bits per heavy atom. The molecule has 0 N–H and O–H groups in total. The van der Waals surface area contributed by atoms with Crippen molar-refractivity contribution < 1.29 is 9.47 Å². The molecule has 0 aliphatic carbocycles. The molecule has 0 amide bonds. The molecule has 5 heteroatoms. The summed E-state index contributed by atoms with van der Waals surface area (Å²) in [7, 11) is 0. The van der Waals surface area contributed by atoms with Crippen LogP contribution < -0.4 is 0 Å². The highest BCUT2D eigenvalue weighted by Crippen LogP contribution is 2.29. The van der Waals surface area contributed by atoms with Crippen molar-refractivity contribution >= 4 is 11.8 Å². The van der Waals surface area contributed by atoms with Gasteiger partial charge in [-0.1, -0.05) is 60.7 Å². The maximum atomic E-state index is 9.59. The van der Waals surface area contributed by atoms with E-state index >= 15 is 0 Å². The van der Waals surface area contributed by atoms with Gasteiger partial charge in [0.05, 0.1) is 6.07 Å². The summed E-state index contributed by atoms with van der Waals surface area (Å²) >= 11 is 0. The van der Waals surface area contributed by atoms with Crippen LogP contribution in [0.2, 0.25) is 0 Å². The second-order valence-electron chi connectivity index (χ2n) is 5.97. The third-order valence-electron chi connectivity index (χ3n) is 4.34. The highest BCUT2D eigenvalue weighted by atomic mass is 16.5. The predicted molar refractivity (Wildman–Crippen MR) is 94.2 cm³/mol. The number of benzene rings is 2. The van der Waals surface area contributed by atoms with Gasteiger partial charge in [0.15, 0.2) is 5.92 Å². The van der Waals surface area contributed by atoms with E-state index in [1.807, 2.05) is 60.7 Å². The zero-order valence-corrected chi connectivity index (χ0v) is 13.6. The van der Waals surface area contributed by atoms with E-state index in [1.165, 1.54) is 0 Å². The van der Waals surface area contributed by atoms with Crippen LogP contribution in [0.3, 0.4) is 0 Å². The minimum atomic E-state index is -0.692. The first-order chi connectivity index (χ1) is 12.3. The van der Waals surface area contributed by atoms with E-state index in [-0.39, 0.29) is 12.1 Å². The zero-order chi connectivity index (χ0) is 17.1. The molecule has 124 valence electrons. The van der Waals surface area contributed by atoms with Crippen molar-refractivity contribution in [2.45, 2.75) is 12.1 Å². The summed E-state index contributed by atoms with van der Waals surface area (Å²) in [5, 5.41) is 9.59. The fraction of sp³-hybridized carbons (Fsp3) is 0.250. The Morgan fingerprint density at radius 3 is 1.64 bits per heavy atom. The molecule has 0 saturated heterocycles. The van der Waals surface area contributed by atoms with Gasteiger partial charge < -0.3 is 9.47 Å². The Morgan fingerprint density at radius 2 is 1.24 bits per heavy atom. The van der Waals surface area contributed by atoms with Crippen LogP contribution in [0.1, 0.15) is 23.2 Å². The molecule has 0 unspecified atom stereocenters. The van der Waals surface area contributed by atoms with E-state index < -0.39 is 5.92 Å². The second kappa shape index (κ2) is 6.78. The summed E-state index contributed by atoms with van der Waals surface area (Å²) in [5.41, 5.74) is 2.15. The van der Waals surface area contributed by atoms with Gasteiger partial charge in [-0.2, -0.15) is 5.26 Å². The average Bonchev–Trinajstić information content (AvgIpc) is 3.35. The Hall–Kier alpha value is -3.13. The van der Waals surface area contributed by atoms with Crippen molar-refractivity contribution in [2.24, 2.45) is 15.9 Å². The van der Waals surface area contributed by atoms with Gasteiger partial charge in [0, 0.05) is 0 Å². The van der Waals surface area contributed by atoms with Gasteiger partial charge in [-0.3, -0.25) is 0 Å². The molecular formula is C20H17N3O2. The third-order valence-corrected chi connectivity index (χ3v) is 4.34. The number of hydrogen-bond acceptors (Lipinski definition) is 5. The van der Waals surface area contributed by atoms with Gasteiger partial charge in [-0.15, -0.1) is 0 Å². The molecule has 2 heterocycles. The number of aliphatic imine (C=N–C) groups is 2. The summed E-state index contributed by atoms with van der Waals surface area (Å²) in [6.45, 7) is 0.875. The van der Waals surface area contributed by atoms with Crippen molar-refractivity contribution in [2.75, 3.05) is 13.2 Å². The molecule has 4 rings (SSSR count). The first kappa shape index (κ1) is 15.4. The van der Waals surface area contributed by atoms with E-state index in [0.717, 1.165) is 11.1 Å². The molecule has 5 nitrogen and oxygen atoms in total. The van der Waals surface area contributed by atoms with E-state index in [2.05, 4.69) is 16.1 Å². The molecule has 2 aromatic carbocycles. The lowest BCUT2D eigenvalue weighted by Crippen LogP contribution is -2.23. The topological polar surface area (TPSA) is 67.0 Å². The van der Waals surface area contributed by atoms with Gasteiger partial charge in [-0.25, -0.2) is 9.98 Å². The standard InChI is InChI=1S/C20H17N3O2/c21-11-16(19-22-17(12-24-19)14-7-3-1-4-8-14)20-23-18(13-25-20)15-9-5-2-6-10-15/h1-10,16-18H,12-13H2/t17-,18-/m1/s1. The van der Waals surface area contributed by atoms with Gasteiger partial charge >= 0.3 is 0 Å². The minimum absolute atomic E-state index is 0.0843. The highest BCUT2D eigenvalue weighted by Gasteiger charge is 2.35. The van der Waals surface area contributed by atoms with Gasteiger partial charge in [0.2, 0.25) is 11.8 Å². The number of ether oxygens (including phenoxy) is 2. The van der Waals surface area contributed by atoms with Crippen LogP contribution in [-0.2, 0) is 9.47 Å². The SMILES string of the molecule is N#CC(C1=N[C@@H](c2ccccc2)CO1)C1=N[C@@H](c2ccccc2)CO1. The molecule has 0 bridgehead atoms. The van der Waals surface area contributed by atoms with Crippen molar-refractivity contribution in [3.05, 3.63) is 71.8 Å². The Kier molecular flexibility index (Phi) is 4.17. The maximum absolute atomic E-state index is 9.59. The normalized spacial score (nSPS) is 21.9. The summed E-state index contributed by atoms with van der Waals surface area (Å²) in [6.07, 6.45) is 0. The lowest BCUT2D eigenvalue weighted by Gasteiger charge is -2.07. The van der Waals surface area contributed by atoms with Crippen molar-refractivity contribution in [1.29, 1.82) is 5.26 Å². The van der Waals surface area contributed by atoms with Crippen LogP contribution in [0.15, 0.2) is 70.6 Å². The molecule has 0 fully saturated rings. The molecular weight excluding hydrogens is 314 g/mol. The first-order valence-electron chi connectivity index (χ1n) is 8.25. The molecule has 2 atom stereocenters. The van der Waals surface area contributed by atoms with Crippen molar-refractivity contribution in [3.63, 3.8) is 0 Å². The fourth-order valence-electron chi connectivity index (χ4n) is 3.01. The van der Waals surface area contributed by atoms with E-state index in [1.54, 1.807) is 0 Å². The zero-order valence-electron chi connectivity index (χ0n) is 13.6. The lowest BCUT2D eigenvalue weighted by atomic mass is 10.1. The summed E-state index contributed by atoms with van der Waals surface area (Å²) in [6, 6.07) is 21.9. The number of rotatable bonds is 4. The van der Waals surface area contributed by atoms with Crippen LogP contribution in [0.4, 0.5) is 0 Å². The summed E-state index contributed by atoms with van der Waals surface area (Å²) in [5.74, 6) is 0.0926. The fourth-order valence-corrected chi connectivity index (χ4v) is 3.01. The monoisotopic (exact) mass is 331 g/mol. The van der Waals surface area contributed by atoms with Gasteiger partial charge in [-0.05, 0) is 11.1 Å².